The van der Waals surface area contributed by atoms with E-state index >= 15 is 0 Å². The number of nitrogens with one attached hydrogen (secondary N) is 1. The van der Waals surface area contributed by atoms with Crippen LogP contribution in [0.4, 0.5) is 17.6 Å². The van der Waals surface area contributed by atoms with Gasteiger partial charge in [-0.1, -0.05) is 23.9 Å². The van der Waals surface area contributed by atoms with Crippen LogP contribution in [0.2, 0.25) is 0 Å². The predicted molar refractivity (Wildman–Crippen MR) is 119 cm³/mol. The number of hydrogen-bond acceptors (Lipinski definition) is 9. The first-order valence-electron chi connectivity index (χ1n) is 8.93. The maximum atomic E-state index is 5.90. The van der Waals surface area contributed by atoms with E-state index in [9.17, 15) is 0 Å². The minimum Gasteiger partial charge on any atom is -0.497 e. The first-order valence-corrected chi connectivity index (χ1v) is 10.7. The lowest BCUT2D eigenvalue weighted by Crippen LogP contribution is -2.07. The zero-order valence-corrected chi connectivity index (χ0v) is 17.9. The molecule has 0 unspecified atom stereocenters. The average Bonchev–Trinajstić information content (AvgIpc) is 3.11. The number of nitrogen functional groups attached to an aromatic ring is 1. The van der Waals surface area contributed by atoms with Gasteiger partial charge in [0.2, 0.25) is 11.9 Å². The van der Waals surface area contributed by atoms with Gasteiger partial charge < -0.3 is 15.8 Å². The summed E-state index contributed by atoms with van der Waals surface area (Å²) in [6, 6.07) is 11.9. The van der Waals surface area contributed by atoms with Crippen LogP contribution in [0.3, 0.4) is 0 Å². The quantitative estimate of drug-likeness (QED) is 0.429. The number of nitrogens with two attached hydrogens (primary N) is 1. The molecule has 0 spiro atoms. The molecule has 2 heterocycles. The number of anilines is 3. The highest BCUT2D eigenvalue weighted by atomic mass is 32.2. The van der Waals surface area contributed by atoms with E-state index in [0.29, 0.717) is 17.5 Å². The second-order valence-electron chi connectivity index (χ2n) is 6.41. The van der Waals surface area contributed by atoms with Gasteiger partial charge in [-0.3, -0.25) is 0 Å². The molecule has 148 valence electrons. The molecule has 0 saturated heterocycles. The molecule has 3 N–H and O–H groups in total. The van der Waals surface area contributed by atoms with Crippen molar-refractivity contribution in [3.63, 3.8) is 0 Å². The van der Waals surface area contributed by atoms with Crippen molar-refractivity contribution in [1.29, 1.82) is 0 Å². The fraction of sp³-hybridized carbons (Fsp3) is 0.200. The molecule has 0 aliphatic rings. The second-order valence-corrected chi connectivity index (χ2v) is 8.66. The van der Waals surface area contributed by atoms with Gasteiger partial charge in [-0.05, 0) is 43.2 Å². The summed E-state index contributed by atoms with van der Waals surface area (Å²) in [7, 11) is 1.65. The summed E-state index contributed by atoms with van der Waals surface area (Å²) >= 11 is 3.20. The van der Waals surface area contributed by atoms with Gasteiger partial charge in [0.15, 0.2) is 4.34 Å². The zero-order valence-electron chi connectivity index (χ0n) is 16.3. The van der Waals surface area contributed by atoms with Gasteiger partial charge in [0.1, 0.15) is 11.6 Å². The van der Waals surface area contributed by atoms with E-state index in [-0.39, 0.29) is 5.95 Å². The molecule has 0 atom stereocenters. The third kappa shape index (κ3) is 4.41. The number of thioether (sulfide) groups is 1. The number of aryl methyl sites for hydroxylation is 1. The van der Waals surface area contributed by atoms with E-state index in [0.717, 1.165) is 31.6 Å². The highest BCUT2D eigenvalue weighted by Gasteiger charge is 2.10. The molecule has 0 aliphatic heterocycles. The largest absolute Gasteiger partial charge is 0.497 e. The van der Waals surface area contributed by atoms with Crippen LogP contribution in [-0.4, -0.2) is 27.0 Å². The minimum absolute atomic E-state index is 0.192. The van der Waals surface area contributed by atoms with E-state index < -0.39 is 0 Å². The first kappa shape index (κ1) is 19.4. The normalized spacial score (nSPS) is 11.0. The molecular weight excluding hydrogens is 404 g/mol. The molecule has 2 aromatic carbocycles. The molecular formula is C20H20N6OS2. The van der Waals surface area contributed by atoms with Crippen molar-refractivity contribution in [2.45, 2.75) is 23.9 Å². The number of thiazole rings is 1. The number of fused-ring (bicyclic) bond motifs is 1. The third-order valence-electron chi connectivity index (χ3n) is 4.45. The summed E-state index contributed by atoms with van der Waals surface area (Å²) in [6.07, 6.45) is 0. The number of rotatable bonds is 6. The van der Waals surface area contributed by atoms with E-state index in [1.165, 1.54) is 5.56 Å². The number of nitrogens with zero attached hydrogens (tertiary/aromatic N) is 4. The van der Waals surface area contributed by atoms with E-state index in [1.807, 2.05) is 30.3 Å². The fourth-order valence-electron chi connectivity index (χ4n) is 2.77. The van der Waals surface area contributed by atoms with Crippen LogP contribution in [0.1, 0.15) is 17.0 Å². The summed E-state index contributed by atoms with van der Waals surface area (Å²) in [5.41, 5.74) is 10.1. The smallest absolute Gasteiger partial charge is 0.232 e. The van der Waals surface area contributed by atoms with Crippen molar-refractivity contribution in [2.24, 2.45) is 0 Å². The Morgan fingerprint density at radius 3 is 2.79 bits per heavy atom. The molecule has 29 heavy (non-hydrogen) atoms. The van der Waals surface area contributed by atoms with Crippen LogP contribution in [0.5, 0.6) is 5.75 Å². The third-order valence-corrected chi connectivity index (χ3v) is 6.63. The van der Waals surface area contributed by atoms with Crippen molar-refractivity contribution in [3.05, 3.63) is 53.3 Å². The lowest BCUT2D eigenvalue weighted by atomic mass is 10.1. The molecule has 9 heteroatoms. The van der Waals surface area contributed by atoms with E-state index in [4.69, 9.17) is 10.5 Å². The number of hydrogen-bond donors (Lipinski definition) is 2. The zero-order chi connectivity index (χ0) is 20.4. The maximum Gasteiger partial charge on any atom is 0.232 e. The molecule has 2 aromatic heterocycles. The SMILES string of the molecule is COc1ccc2sc(SCc3nc(N)nc(Nc4cccc(C)c4C)n3)nc2c1. The fourth-order valence-corrected chi connectivity index (χ4v) is 4.67. The lowest BCUT2D eigenvalue weighted by Gasteiger charge is -2.11. The number of benzene rings is 2. The summed E-state index contributed by atoms with van der Waals surface area (Å²) < 4.78 is 7.31. The van der Waals surface area contributed by atoms with Gasteiger partial charge in [-0.15, -0.1) is 11.3 Å². The van der Waals surface area contributed by atoms with Crippen molar-refractivity contribution >= 4 is 50.9 Å². The number of ether oxygens (including phenoxy) is 1. The Balaban J connectivity index is 1.51. The van der Waals surface area contributed by atoms with Gasteiger partial charge in [0.25, 0.3) is 0 Å². The van der Waals surface area contributed by atoms with Gasteiger partial charge in [-0.25, -0.2) is 4.98 Å². The van der Waals surface area contributed by atoms with Crippen molar-refractivity contribution < 1.29 is 4.74 Å². The summed E-state index contributed by atoms with van der Waals surface area (Å²) in [4.78, 5) is 17.7. The second kappa shape index (κ2) is 8.22. The molecule has 0 radical (unpaired) electrons. The summed E-state index contributed by atoms with van der Waals surface area (Å²) in [6.45, 7) is 4.12. The first-order chi connectivity index (χ1) is 14.0. The topological polar surface area (TPSA) is 98.8 Å². The highest BCUT2D eigenvalue weighted by molar-refractivity contribution is 8.00. The molecule has 7 nitrogen and oxygen atoms in total. The van der Waals surface area contributed by atoms with Gasteiger partial charge in [0, 0.05) is 11.8 Å². The lowest BCUT2D eigenvalue weighted by molar-refractivity contribution is 0.415. The van der Waals surface area contributed by atoms with Crippen LogP contribution in [-0.2, 0) is 5.75 Å². The van der Waals surface area contributed by atoms with Crippen LogP contribution in [0.25, 0.3) is 10.2 Å². The average molecular weight is 425 g/mol. The Labute approximate surface area is 176 Å². The van der Waals surface area contributed by atoms with E-state index in [1.54, 1.807) is 30.2 Å². The number of aromatic nitrogens is 4. The summed E-state index contributed by atoms with van der Waals surface area (Å²) in [5, 5.41) is 3.25. The number of methoxy groups -OCH3 is 1. The Kier molecular flexibility index (Phi) is 5.50. The molecule has 0 bridgehead atoms. The standard InChI is InChI=1S/C20H20N6OS2/c1-11-5-4-6-14(12(11)2)22-19-25-17(24-18(21)26-19)10-28-20-23-15-9-13(27-3)7-8-16(15)29-20/h4-9H,10H2,1-3H3,(H3,21,22,24,25,26). The van der Waals surface area contributed by atoms with Gasteiger partial charge >= 0.3 is 0 Å². The predicted octanol–water partition coefficient (Wildman–Crippen LogP) is 4.72. The van der Waals surface area contributed by atoms with Crippen LogP contribution in [0, 0.1) is 13.8 Å². The summed E-state index contributed by atoms with van der Waals surface area (Å²) in [5.74, 6) is 2.58. The molecule has 0 aliphatic carbocycles. The molecule has 0 fully saturated rings. The molecule has 4 aromatic rings. The van der Waals surface area contributed by atoms with Gasteiger partial charge in [-0.2, -0.15) is 15.0 Å². The minimum atomic E-state index is 0.192. The van der Waals surface area contributed by atoms with E-state index in [2.05, 4.69) is 45.2 Å². The Morgan fingerprint density at radius 2 is 1.97 bits per heavy atom. The van der Waals surface area contributed by atoms with Crippen LogP contribution >= 0.6 is 23.1 Å². The Bertz CT molecular complexity index is 1180. The van der Waals surface area contributed by atoms with Crippen molar-refractivity contribution in [1.82, 2.24) is 19.9 Å². The van der Waals surface area contributed by atoms with Gasteiger partial charge in [0.05, 0.1) is 23.1 Å². The molecule has 0 amide bonds. The van der Waals surface area contributed by atoms with Crippen molar-refractivity contribution in [2.75, 3.05) is 18.2 Å². The monoisotopic (exact) mass is 424 g/mol. The highest BCUT2D eigenvalue weighted by Crippen LogP contribution is 2.33. The van der Waals surface area contributed by atoms with Crippen LogP contribution in [0.15, 0.2) is 40.7 Å². The van der Waals surface area contributed by atoms with Crippen molar-refractivity contribution in [3.8, 4) is 5.75 Å². The maximum absolute atomic E-state index is 5.90. The Hall–Kier alpha value is -2.91. The molecule has 4 rings (SSSR count). The Morgan fingerprint density at radius 1 is 1.10 bits per heavy atom. The molecule has 0 saturated carbocycles. The van der Waals surface area contributed by atoms with Crippen LogP contribution < -0.4 is 15.8 Å².